The molecule has 1 atom stereocenters. The van der Waals surface area contributed by atoms with Crippen LogP contribution in [0.15, 0.2) is 66.3 Å². The fourth-order valence-corrected chi connectivity index (χ4v) is 4.74. The first-order chi connectivity index (χ1) is 15.2. The molecule has 5 nitrogen and oxygen atoms in total. The minimum absolute atomic E-state index is 0.0502. The van der Waals surface area contributed by atoms with Gasteiger partial charge in [-0.1, -0.05) is 19.1 Å². The number of hydrogen-bond donors (Lipinski definition) is 1. The summed E-state index contributed by atoms with van der Waals surface area (Å²) in [4.78, 5) is 20.7. The summed E-state index contributed by atoms with van der Waals surface area (Å²) in [5, 5.41) is 5.26. The first-order valence-electron chi connectivity index (χ1n) is 10.9. The number of hydrogen-bond acceptors (Lipinski definition) is 5. The van der Waals surface area contributed by atoms with E-state index in [1.54, 1.807) is 23.7 Å². The summed E-state index contributed by atoms with van der Waals surface area (Å²) in [5.74, 6) is 1.47. The number of likely N-dealkylation sites (tertiary alicyclic amines) is 1. The number of carbonyl (C=O) groups is 1. The van der Waals surface area contributed by atoms with Gasteiger partial charge in [0, 0.05) is 34.9 Å². The molecule has 31 heavy (non-hydrogen) atoms. The first-order valence-corrected chi connectivity index (χ1v) is 11.7. The van der Waals surface area contributed by atoms with E-state index in [1.807, 2.05) is 36.4 Å². The second-order valence-electron chi connectivity index (χ2n) is 8.13. The highest BCUT2D eigenvalue weighted by Crippen LogP contribution is 2.29. The summed E-state index contributed by atoms with van der Waals surface area (Å²) in [7, 11) is 0. The molecule has 1 fully saturated rings. The number of carbonyl (C=O) groups excluding carboxylic acids is 1. The highest BCUT2D eigenvalue weighted by Gasteiger charge is 2.25. The van der Waals surface area contributed by atoms with Gasteiger partial charge in [0.1, 0.15) is 12.4 Å². The van der Waals surface area contributed by atoms with Gasteiger partial charge in [0.05, 0.1) is 6.04 Å². The predicted molar refractivity (Wildman–Crippen MR) is 124 cm³/mol. The normalized spacial score (nSPS) is 16.0. The molecule has 1 N–H and O–H groups in total. The lowest BCUT2D eigenvalue weighted by atomic mass is 9.97. The average Bonchev–Trinajstić information content (AvgIpc) is 3.34. The Labute approximate surface area is 188 Å². The lowest BCUT2D eigenvalue weighted by Gasteiger charge is -2.36. The van der Waals surface area contributed by atoms with Gasteiger partial charge in [-0.3, -0.25) is 14.7 Å². The molecule has 1 saturated heterocycles. The van der Waals surface area contributed by atoms with E-state index in [2.05, 4.69) is 39.6 Å². The lowest BCUT2D eigenvalue weighted by Crippen LogP contribution is -2.41. The van der Waals surface area contributed by atoms with Crippen molar-refractivity contribution >= 4 is 17.2 Å². The molecule has 0 bridgehead atoms. The minimum atomic E-state index is -0.0502. The number of piperidine rings is 1. The Balaban J connectivity index is 1.33. The number of pyridine rings is 1. The summed E-state index contributed by atoms with van der Waals surface area (Å²) >= 11 is 1.76. The van der Waals surface area contributed by atoms with Crippen molar-refractivity contribution in [2.24, 2.45) is 5.92 Å². The molecule has 3 heterocycles. The number of rotatable bonds is 8. The summed E-state index contributed by atoms with van der Waals surface area (Å²) in [6.45, 7) is 5.57. The third-order valence-corrected chi connectivity index (χ3v) is 6.80. The van der Waals surface area contributed by atoms with Gasteiger partial charge >= 0.3 is 0 Å². The molecule has 6 heteroatoms. The zero-order valence-electron chi connectivity index (χ0n) is 17.9. The van der Waals surface area contributed by atoms with Crippen LogP contribution in [0.5, 0.6) is 5.75 Å². The molecule has 0 radical (unpaired) electrons. The molecule has 1 amide bonds. The quantitative estimate of drug-likeness (QED) is 0.545. The van der Waals surface area contributed by atoms with Gasteiger partial charge in [0.15, 0.2) is 0 Å². The molecular formula is C25H29N3O2S. The molecule has 1 aliphatic heterocycles. The van der Waals surface area contributed by atoms with E-state index in [0.29, 0.717) is 18.7 Å². The number of nitrogens with one attached hydrogen (secondary N) is 1. The predicted octanol–water partition coefficient (Wildman–Crippen LogP) is 4.93. The smallest absolute Gasteiger partial charge is 0.251 e. The molecule has 0 aliphatic carbocycles. The Morgan fingerprint density at radius 2 is 2.00 bits per heavy atom. The maximum Gasteiger partial charge on any atom is 0.251 e. The number of aromatic nitrogens is 1. The Morgan fingerprint density at radius 3 is 2.68 bits per heavy atom. The second kappa shape index (κ2) is 10.6. The van der Waals surface area contributed by atoms with Crippen LogP contribution in [0, 0.1) is 5.92 Å². The van der Waals surface area contributed by atoms with Crippen molar-refractivity contribution in [3.05, 3.63) is 82.3 Å². The number of benzene rings is 1. The maximum atomic E-state index is 12.8. The third-order valence-electron chi connectivity index (χ3n) is 5.83. The van der Waals surface area contributed by atoms with Crippen LogP contribution in [0.4, 0.5) is 0 Å². The van der Waals surface area contributed by atoms with E-state index in [4.69, 9.17) is 4.74 Å². The summed E-state index contributed by atoms with van der Waals surface area (Å²) < 4.78 is 5.78. The van der Waals surface area contributed by atoms with Crippen LogP contribution in [0.25, 0.3) is 0 Å². The molecule has 2 aromatic heterocycles. The minimum Gasteiger partial charge on any atom is -0.489 e. The van der Waals surface area contributed by atoms with Gasteiger partial charge in [-0.15, -0.1) is 11.3 Å². The molecular weight excluding hydrogens is 406 g/mol. The molecule has 4 rings (SSSR count). The molecule has 0 saturated carbocycles. The summed E-state index contributed by atoms with van der Waals surface area (Å²) in [5.41, 5.74) is 1.65. The first kappa shape index (κ1) is 21.5. The number of ether oxygens (including phenoxy) is 1. The zero-order valence-corrected chi connectivity index (χ0v) is 18.7. The van der Waals surface area contributed by atoms with Crippen molar-refractivity contribution in [3.63, 3.8) is 0 Å². The van der Waals surface area contributed by atoms with E-state index < -0.39 is 0 Å². The standard InChI is InChI=1S/C25H29N3O2S/c1-19-10-13-28(14-11-19)23(24-5-3-15-31-24)17-27-25(29)21-6-8-22(9-7-21)30-18-20-4-2-12-26-16-20/h2-9,12,15-16,19,23H,10-11,13-14,17-18H2,1H3,(H,27,29). The van der Waals surface area contributed by atoms with E-state index in [9.17, 15) is 4.79 Å². The van der Waals surface area contributed by atoms with Crippen LogP contribution < -0.4 is 10.1 Å². The SMILES string of the molecule is CC1CCN(C(CNC(=O)c2ccc(OCc3cccnc3)cc2)c2cccs2)CC1. The third kappa shape index (κ3) is 5.93. The van der Waals surface area contributed by atoms with Crippen molar-refractivity contribution < 1.29 is 9.53 Å². The Kier molecular flexibility index (Phi) is 7.33. The van der Waals surface area contributed by atoms with Crippen LogP contribution in [-0.2, 0) is 6.61 Å². The average molecular weight is 436 g/mol. The monoisotopic (exact) mass is 435 g/mol. The van der Waals surface area contributed by atoms with Gasteiger partial charge in [0.2, 0.25) is 0 Å². The van der Waals surface area contributed by atoms with Crippen LogP contribution in [0.1, 0.15) is 46.6 Å². The van der Waals surface area contributed by atoms with Crippen LogP contribution in [-0.4, -0.2) is 35.4 Å². The molecule has 1 unspecified atom stereocenters. The van der Waals surface area contributed by atoms with E-state index in [1.165, 1.54) is 17.7 Å². The van der Waals surface area contributed by atoms with Crippen molar-refractivity contribution in [3.8, 4) is 5.75 Å². The molecule has 3 aromatic rings. The summed E-state index contributed by atoms with van der Waals surface area (Å²) in [6, 6.07) is 15.7. The van der Waals surface area contributed by atoms with Gasteiger partial charge in [-0.05, 0) is 73.6 Å². The molecule has 162 valence electrons. The Morgan fingerprint density at radius 1 is 1.19 bits per heavy atom. The van der Waals surface area contributed by atoms with E-state index >= 15 is 0 Å². The highest BCUT2D eigenvalue weighted by atomic mass is 32.1. The van der Waals surface area contributed by atoms with E-state index in [-0.39, 0.29) is 11.9 Å². The highest BCUT2D eigenvalue weighted by molar-refractivity contribution is 7.10. The van der Waals surface area contributed by atoms with Crippen LogP contribution in [0.3, 0.4) is 0 Å². The zero-order chi connectivity index (χ0) is 21.5. The molecule has 0 spiro atoms. The Hall–Kier alpha value is -2.70. The van der Waals surface area contributed by atoms with Crippen molar-refractivity contribution in [2.75, 3.05) is 19.6 Å². The van der Waals surface area contributed by atoms with Crippen LogP contribution in [0.2, 0.25) is 0 Å². The van der Waals surface area contributed by atoms with Gasteiger partial charge in [0.25, 0.3) is 5.91 Å². The van der Waals surface area contributed by atoms with Gasteiger partial charge in [-0.2, -0.15) is 0 Å². The fraction of sp³-hybridized carbons (Fsp3) is 0.360. The molecule has 1 aromatic carbocycles. The Bertz CT molecular complexity index is 937. The number of amides is 1. The summed E-state index contributed by atoms with van der Waals surface area (Å²) in [6.07, 6.45) is 5.97. The van der Waals surface area contributed by atoms with Gasteiger partial charge in [-0.25, -0.2) is 0 Å². The molecule has 1 aliphatic rings. The van der Waals surface area contributed by atoms with Crippen molar-refractivity contribution in [1.82, 2.24) is 15.2 Å². The van der Waals surface area contributed by atoms with Crippen LogP contribution >= 0.6 is 11.3 Å². The second-order valence-corrected chi connectivity index (χ2v) is 9.11. The lowest BCUT2D eigenvalue weighted by molar-refractivity contribution is 0.0915. The largest absolute Gasteiger partial charge is 0.489 e. The number of nitrogens with zero attached hydrogens (tertiary/aromatic N) is 2. The maximum absolute atomic E-state index is 12.8. The number of thiophene rings is 1. The fourth-order valence-electron chi connectivity index (χ4n) is 3.87. The van der Waals surface area contributed by atoms with Crippen molar-refractivity contribution in [2.45, 2.75) is 32.4 Å². The van der Waals surface area contributed by atoms with Gasteiger partial charge < -0.3 is 10.1 Å². The topological polar surface area (TPSA) is 54.5 Å². The van der Waals surface area contributed by atoms with E-state index in [0.717, 1.165) is 30.3 Å². The van der Waals surface area contributed by atoms with Crippen molar-refractivity contribution in [1.29, 1.82) is 0 Å².